The quantitative estimate of drug-likeness (QED) is 0.244. The number of hydrogen-bond donors (Lipinski definition) is 2. The van der Waals surface area contributed by atoms with Crippen LogP contribution in [0.25, 0.3) is 0 Å². The Balaban J connectivity index is 0.00000312. The van der Waals surface area contributed by atoms with Crippen LogP contribution in [0, 0.1) is 0 Å². The van der Waals surface area contributed by atoms with Gasteiger partial charge in [0.1, 0.15) is 12.2 Å². The second-order valence-corrected chi connectivity index (χ2v) is 6.10. The Hall–Kier alpha value is -1.42. The van der Waals surface area contributed by atoms with Gasteiger partial charge in [0.05, 0.1) is 6.54 Å². The van der Waals surface area contributed by atoms with Gasteiger partial charge in [0.15, 0.2) is 5.96 Å². The van der Waals surface area contributed by atoms with E-state index in [0.717, 1.165) is 41.3 Å². The molecule has 0 unspecified atom stereocenters. The zero-order valence-electron chi connectivity index (χ0n) is 14.3. The molecule has 0 amide bonds. The molecule has 0 bridgehead atoms. The third kappa shape index (κ3) is 7.55. The summed E-state index contributed by atoms with van der Waals surface area (Å²) in [5.74, 6) is 1.76. The molecule has 25 heavy (non-hydrogen) atoms. The molecular formula is C17H24BrIN6. The molecule has 0 fully saturated rings. The molecule has 0 radical (unpaired) electrons. The second kappa shape index (κ2) is 12.0. The van der Waals surface area contributed by atoms with E-state index in [4.69, 9.17) is 0 Å². The monoisotopic (exact) mass is 518 g/mol. The van der Waals surface area contributed by atoms with Gasteiger partial charge in [-0.15, -0.1) is 40.8 Å². The fourth-order valence-corrected chi connectivity index (χ4v) is 2.40. The van der Waals surface area contributed by atoms with Crippen molar-refractivity contribution in [2.75, 3.05) is 13.1 Å². The van der Waals surface area contributed by atoms with Crippen molar-refractivity contribution in [3.63, 3.8) is 0 Å². The molecule has 0 aliphatic rings. The lowest BCUT2D eigenvalue weighted by molar-refractivity contribution is 0.633. The third-order valence-electron chi connectivity index (χ3n) is 3.40. The van der Waals surface area contributed by atoms with Gasteiger partial charge < -0.3 is 15.2 Å². The van der Waals surface area contributed by atoms with Crippen molar-refractivity contribution in [2.45, 2.75) is 26.4 Å². The molecule has 0 aliphatic heterocycles. The Kier molecular flexibility index (Phi) is 10.4. The molecule has 1 aromatic heterocycles. The Morgan fingerprint density at radius 2 is 2.08 bits per heavy atom. The summed E-state index contributed by atoms with van der Waals surface area (Å²) in [7, 11) is 0. The number of guanidine groups is 1. The summed E-state index contributed by atoms with van der Waals surface area (Å²) >= 11 is 3.44. The zero-order valence-corrected chi connectivity index (χ0v) is 18.2. The number of hydrogen-bond acceptors (Lipinski definition) is 3. The predicted octanol–water partition coefficient (Wildman–Crippen LogP) is 3.14. The van der Waals surface area contributed by atoms with Gasteiger partial charge in [0.2, 0.25) is 0 Å². The molecule has 0 atom stereocenters. The van der Waals surface area contributed by atoms with E-state index in [0.29, 0.717) is 13.1 Å². The molecule has 6 nitrogen and oxygen atoms in total. The summed E-state index contributed by atoms with van der Waals surface area (Å²) in [6, 6.07) is 8.16. The topological polar surface area (TPSA) is 67.1 Å². The Morgan fingerprint density at radius 3 is 2.76 bits per heavy atom. The molecule has 0 saturated heterocycles. The number of aromatic nitrogens is 3. The molecule has 2 rings (SSSR count). The van der Waals surface area contributed by atoms with Gasteiger partial charge in [-0.05, 0) is 17.7 Å². The fraction of sp³-hybridized carbons (Fsp3) is 0.353. The lowest BCUT2D eigenvalue weighted by Crippen LogP contribution is -2.39. The normalized spacial score (nSPS) is 10.9. The molecule has 0 aliphatic carbocycles. The van der Waals surface area contributed by atoms with E-state index in [2.05, 4.69) is 67.4 Å². The third-order valence-corrected chi connectivity index (χ3v) is 3.93. The minimum Gasteiger partial charge on any atom is -0.355 e. The number of rotatable bonds is 8. The first-order chi connectivity index (χ1) is 11.7. The van der Waals surface area contributed by atoms with E-state index < -0.39 is 0 Å². The lowest BCUT2D eigenvalue weighted by Gasteiger charge is -2.12. The van der Waals surface area contributed by atoms with Crippen LogP contribution in [-0.4, -0.2) is 33.8 Å². The molecule has 2 aromatic rings. The summed E-state index contributed by atoms with van der Waals surface area (Å²) in [6.45, 7) is 8.63. The second-order valence-electron chi connectivity index (χ2n) is 5.18. The van der Waals surface area contributed by atoms with Gasteiger partial charge in [-0.2, -0.15) is 0 Å². The van der Waals surface area contributed by atoms with Crippen LogP contribution in [0.5, 0.6) is 0 Å². The van der Waals surface area contributed by atoms with Crippen LogP contribution in [0.15, 0.2) is 52.7 Å². The molecule has 136 valence electrons. The van der Waals surface area contributed by atoms with Crippen LogP contribution >= 0.6 is 39.9 Å². The van der Waals surface area contributed by atoms with E-state index >= 15 is 0 Å². The Bertz CT molecular complexity index is 668. The highest BCUT2D eigenvalue weighted by Gasteiger charge is 2.02. The van der Waals surface area contributed by atoms with Crippen molar-refractivity contribution in [3.8, 4) is 0 Å². The van der Waals surface area contributed by atoms with Crippen LogP contribution in [-0.2, 0) is 19.5 Å². The average molecular weight is 519 g/mol. The highest BCUT2D eigenvalue weighted by Crippen LogP contribution is 2.11. The molecule has 8 heteroatoms. The van der Waals surface area contributed by atoms with Gasteiger partial charge in [0, 0.05) is 30.5 Å². The van der Waals surface area contributed by atoms with Crippen molar-refractivity contribution in [3.05, 3.63) is 59.1 Å². The van der Waals surface area contributed by atoms with Crippen molar-refractivity contribution in [1.82, 2.24) is 25.4 Å². The highest BCUT2D eigenvalue weighted by molar-refractivity contribution is 14.0. The SMILES string of the molecule is C=CCNC(=NCc1ccc(Br)cc1)NCCn1cnnc1CC.I. The van der Waals surface area contributed by atoms with E-state index in [9.17, 15) is 0 Å². The molecular weight excluding hydrogens is 495 g/mol. The molecule has 0 spiro atoms. The number of aliphatic imine (C=N–C) groups is 1. The number of halogens is 2. The van der Waals surface area contributed by atoms with Gasteiger partial charge in [0.25, 0.3) is 0 Å². The smallest absolute Gasteiger partial charge is 0.191 e. The lowest BCUT2D eigenvalue weighted by atomic mass is 10.2. The van der Waals surface area contributed by atoms with Gasteiger partial charge in [-0.25, -0.2) is 4.99 Å². The van der Waals surface area contributed by atoms with Crippen molar-refractivity contribution < 1.29 is 0 Å². The largest absolute Gasteiger partial charge is 0.355 e. The standard InChI is InChI=1S/C17H23BrN6.HI/c1-3-9-19-17(21-12-14-5-7-15(18)8-6-14)20-10-11-24-13-22-23-16(24)4-2;/h3,5-8,13H,1,4,9-12H2,2H3,(H2,19,20,21);1H. The Labute approximate surface area is 174 Å². The first-order valence-corrected chi connectivity index (χ1v) is 8.76. The zero-order chi connectivity index (χ0) is 17.2. The minimum absolute atomic E-state index is 0. The molecule has 2 N–H and O–H groups in total. The van der Waals surface area contributed by atoms with Crippen LogP contribution < -0.4 is 10.6 Å². The summed E-state index contributed by atoms with van der Waals surface area (Å²) in [5, 5.41) is 14.6. The van der Waals surface area contributed by atoms with Crippen molar-refractivity contribution in [2.24, 2.45) is 4.99 Å². The van der Waals surface area contributed by atoms with Crippen LogP contribution in [0.4, 0.5) is 0 Å². The van der Waals surface area contributed by atoms with Gasteiger partial charge in [-0.1, -0.05) is 41.1 Å². The predicted molar refractivity (Wildman–Crippen MR) is 116 cm³/mol. The number of nitrogens with zero attached hydrogens (tertiary/aromatic N) is 4. The van der Waals surface area contributed by atoms with E-state index in [-0.39, 0.29) is 24.0 Å². The minimum atomic E-state index is 0. The first-order valence-electron chi connectivity index (χ1n) is 7.97. The maximum atomic E-state index is 4.61. The maximum Gasteiger partial charge on any atom is 0.191 e. The summed E-state index contributed by atoms with van der Waals surface area (Å²) in [5.41, 5.74) is 1.16. The van der Waals surface area contributed by atoms with Crippen molar-refractivity contribution in [1.29, 1.82) is 0 Å². The van der Waals surface area contributed by atoms with Crippen molar-refractivity contribution >= 4 is 45.9 Å². The summed E-state index contributed by atoms with van der Waals surface area (Å²) in [6.07, 6.45) is 4.45. The molecule has 1 heterocycles. The number of benzene rings is 1. The van der Waals surface area contributed by atoms with Crippen LogP contribution in [0.3, 0.4) is 0 Å². The van der Waals surface area contributed by atoms with E-state index in [1.54, 1.807) is 6.33 Å². The van der Waals surface area contributed by atoms with Gasteiger partial charge >= 0.3 is 0 Å². The van der Waals surface area contributed by atoms with E-state index in [1.807, 2.05) is 22.8 Å². The molecule has 0 saturated carbocycles. The van der Waals surface area contributed by atoms with Crippen LogP contribution in [0.2, 0.25) is 0 Å². The number of nitrogens with one attached hydrogen (secondary N) is 2. The average Bonchev–Trinajstić information content (AvgIpc) is 3.05. The molecule has 1 aromatic carbocycles. The maximum absolute atomic E-state index is 4.61. The first kappa shape index (κ1) is 21.6. The van der Waals surface area contributed by atoms with E-state index in [1.165, 1.54) is 0 Å². The van der Waals surface area contributed by atoms with Gasteiger partial charge in [-0.3, -0.25) is 0 Å². The highest BCUT2D eigenvalue weighted by atomic mass is 127. The summed E-state index contributed by atoms with van der Waals surface area (Å²) in [4.78, 5) is 4.61. The van der Waals surface area contributed by atoms with Crippen LogP contribution in [0.1, 0.15) is 18.3 Å². The fourth-order valence-electron chi connectivity index (χ4n) is 2.14. The number of aryl methyl sites for hydroxylation is 1. The Morgan fingerprint density at radius 1 is 1.32 bits per heavy atom. The summed E-state index contributed by atoms with van der Waals surface area (Å²) < 4.78 is 3.12.